The zero-order valence-corrected chi connectivity index (χ0v) is 16.9. The number of carbonyl (C=O) groups is 1. The van der Waals surface area contributed by atoms with Crippen LogP contribution < -0.4 is 10.1 Å². The first kappa shape index (κ1) is 21.6. The van der Waals surface area contributed by atoms with E-state index in [9.17, 15) is 18.0 Å². The Morgan fingerprint density at radius 3 is 2.48 bits per heavy atom. The Balaban J connectivity index is 1.33. The van der Waals surface area contributed by atoms with Gasteiger partial charge < -0.3 is 24.2 Å². The van der Waals surface area contributed by atoms with Crippen molar-refractivity contribution in [3.8, 4) is 5.75 Å². The first-order chi connectivity index (χ1) is 14.8. The largest absolute Gasteiger partial charge is 0.573 e. The van der Waals surface area contributed by atoms with E-state index in [-0.39, 0.29) is 23.0 Å². The number of piperidine rings is 1. The molecule has 2 aromatic rings. The molecule has 1 aromatic heterocycles. The van der Waals surface area contributed by atoms with Crippen LogP contribution in [0.15, 0.2) is 34.9 Å². The molecule has 1 aromatic carbocycles. The lowest BCUT2D eigenvalue weighted by Crippen LogP contribution is -2.61. The van der Waals surface area contributed by atoms with Gasteiger partial charge in [-0.2, -0.15) is 0 Å². The average Bonchev–Trinajstić information content (AvgIpc) is 3.18. The molecule has 0 aliphatic carbocycles. The third-order valence-corrected chi connectivity index (χ3v) is 5.51. The standard InChI is InChI=1S/C21H24F3N3O4/c22-21(23,24)30-17-6-4-15(5-7-17)12-25-20(13-29-14-20)11-16-10-18(31-26-16)19(28)27-8-2-1-3-9-27/h4-7,10,25H,1-3,8-9,11-14H2. The van der Waals surface area contributed by atoms with Crippen LogP contribution in [0.3, 0.4) is 0 Å². The Bertz CT molecular complexity index is 888. The second-order valence-electron chi connectivity index (χ2n) is 8.03. The van der Waals surface area contributed by atoms with Gasteiger partial charge in [-0.05, 0) is 37.0 Å². The zero-order valence-electron chi connectivity index (χ0n) is 16.9. The molecule has 1 amide bonds. The Morgan fingerprint density at radius 2 is 1.87 bits per heavy atom. The van der Waals surface area contributed by atoms with Crippen LogP contribution in [-0.2, 0) is 17.7 Å². The summed E-state index contributed by atoms with van der Waals surface area (Å²) < 4.78 is 51.4. The molecule has 1 N–H and O–H groups in total. The fraction of sp³-hybridized carbons (Fsp3) is 0.524. The summed E-state index contributed by atoms with van der Waals surface area (Å²) >= 11 is 0. The number of aromatic nitrogens is 1. The summed E-state index contributed by atoms with van der Waals surface area (Å²) in [5, 5.41) is 7.46. The van der Waals surface area contributed by atoms with E-state index < -0.39 is 6.36 Å². The van der Waals surface area contributed by atoms with Crippen LogP contribution >= 0.6 is 0 Å². The van der Waals surface area contributed by atoms with Crippen molar-refractivity contribution < 1.29 is 32.0 Å². The minimum absolute atomic E-state index is 0.133. The molecular formula is C21H24F3N3O4. The average molecular weight is 439 g/mol. The van der Waals surface area contributed by atoms with Crippen molar-refractivity contribution in [2.24, 2.45) is 0 Å². The van der Waals surface area contributed by atoms with Gasteiger partial charge in [0.15, 0.2) is 0 Å². The predicted molar refractivity (Wildman–Crippen MR) is 103 cm³/mol. The van der Waals surface area contributed by atoms with Crippen molar-refractivity contribution in [1.82, 2.24) is 15.4 Å². The molecule has 10 heteroatoms. The summed E-state index contributed by atoms with van der Waals surface area (Å²) in [5.41, 5.74) is 1.09. The van der Waals surface area contributed by atoms with E-state index in [2.05, 4.69) is 15.2 Å². The number of nitrogens with one attached hydrogen (secondary N) is 1. The fourth-order valence-corrected chi connectivity index (χ4v) is 3.81. The van der Waals surface area contributed by atoms with Crippen LogP contribution in [0.1, 0.15) is 41.1 Å². The van der Waals surface area contributed by atoms with E-state index in [1.807, 2.05) is 0 Å². The van der Waals surface area contributed by atoms with Crippen LogP contribution in [0.2, 0.25) is 0 Å². The highest BCUT2D eigenvalue weighted by Crippen LogP contribution is 2.25. The molecule has 2 saturated heterocycles. The number of hydrogen-bond acceptors (Lipinski definition) is 6. The summed E-state index contributed by atoms with van der Waals surface area (Å²) in [6.45, 7) is 2.84. The van der Waals surface area contributed by atoms with Crippen molar-refractivity contribution >= 4 is 5.91 Å². The molecular weight excluding hydrogens is 415 g/mol. The Morgan fingerprint density at radius 1 is 1.16 bits per heavy atom. The topological polar surface area (TPSA) is 76.8 Å². The third-order valence-electron chi connectivity index (χ3n) is 5.51. The second kappa shape index (κ2) is 8.88. The molecule has 0 unspecified atom stereocenters. The SMILES string of the molecule is O=C(c1cc(CC2(NCc3ccc(OC(F)(F)F)cc3)COC2)no1)N1CCCCC1. The summed E-state index contributed by atoms with van der Waals surface area (Å²) in [5.74, 6) is -0.148. The maximum atomic E-state index is 12.6. The first-order valence-electron chi connectivity index (χ1n) is 10.2. The Kier molecular flexibility index (Phi) is 6.19. The van der Waals surface area contributed by atoms with Gasteiger partial charge >= 0.3 is 6.36 Å². The number of hydrogen-bond donors (Lipinski definition) is 1. The number of amides is 1. The maximum Gasteiger partial charge on any atom is 0.573 e. The van der Waals surface area contributed by atoms with Crippen molar-refractivity contribution in [1.29, 1.82) is 0 Å². The lowest BCUT2D eigenvalue weighted by Gasteiger charge is -2.42. The van der Waals surface area contributed by atoms with Crippen molar-refractivity contribution in [2.45, 2.75) is 44.1 Å². The predicted octanol–water partition coefficient (Wildman–Crippen LogP) is 3.30. The maximum absolute atomic E-state index is 12.6. The normalized spacial score (nSPS) is 18.5. The fourth-order valence-electron chi connectivity index (χ4n) is 3.81. The number of ether oxygens (including phenoxy) is 2. The first-order valence-corrected chi connectivity index (χ1v) is 10.2. The highest BCUT2D eigenvalue weighted by Gasteiger charge is 2.39. The molecule has 168 valence electrons. The number of carbonyl (C=O) groups excluding carboxylic acids is 1. The van der Waals surface area contributed by atoms with Crippen molar-refractivity contribution in [2.75, 3.05) is 26.3 Å². The van der Waals surface area contributed by atoms with Crippen LogP contribution in [0.25, 0.3) is 0 Å². The summed E-state index contributed by atoms with van der Waals surface area (Å²) in [4.78, 5) is 14.4. The molecule has 0 saturated carbocycles. The van der Waals surface area contributed by atoms with E-state index in [4.69, 9.17) is 9.26 Å². The number of halogens is 3. The van der Waals surface area contributed by atoms with Gasteiger partial charge in [0, 0.05) is 32.1 Å². The molecule has 7 nitrogen and oxygen atoms in total. The molecule has 4 rings (SSSR count). The number of rotatable bonds is 7. The van der Waals surface area contributed by atoms with E-state index in [1.54, 1.807) is 23.1 Å². The van der Waals surface area contributed by atoms with Crippen molar-refractivity contribution in [3.05, 3.63) is 47.3 Å². The molecule has 0 radical (unpaired) electrons. The van der Waals surface area contributed by atoms with E-state index in [0.717, 1.165) is 37.9 Å². The number of nitrogens with zero attached hydrogens (tertiary/aromatic N) is 2. The van der Waals surface area contributed by atoms with Gasteiger partial charge in [-0.25, -0.2) is 0 Å². The van der Waals surface area contributed by atoms with Crippen LogP contribution in [0, 0.1) is 0 Å². The highest BCUT2D eigenvalue weighted by molar-refractivity contribution is 5.91. The third kappa shape index (κ3) is 5.56. The molecule has 0 atom stereocenters. The van der Waals surface area contributed by atoms with Crippen LogP contribution in [0.5, 0.6) is 5.75 Å². The highest BCUT2D eigenvalue weighted by atomic mass is 19.4. The lowest BCUT2D eigenvalue weighted by atomic mass is 9.90. The molecule has 0 bridgehead atoms. The van der Waals surface area contributed by atoms with E-state index in [0.29, 0.717) is 31.9 Å². The lowest BCUT2D eigenvalue weighted by molar-refractivity contribution is -0.274. The summed E-state index contributed by atoms with van der Waals surface area (Å²) in [6.07, 6.45) is -1.06. The number of alkyl halides is 3. The Labute approximate surface area is 177 Å². The smallest absolute Gasteiger partial charge is 0.406 e. The van der Waals surface area contributed by atoms with Gasteiger partial charge in [0.25, 0.3) is 5.91 Å². The minimum Gasteiger partial charge on any atom is -0.406 e. The molecule has 2 aliphatic rings. The van der Waals surface area contributed by atoms with Gasteiger partial charge in [0.2, 0.25) is 5.76 Å². The Hall–Kier alpha value is -2.59. The van der Waals surface area contributed by atoms with Gasteiger partial charge in [-0.1, -0.05) is 17.3 Å². The molecule has 3 heterocycles. The van der Waals surface area contributed by atoms with Crippen LogP contribution in [0.4, 0.5) is 13.2 Å². The van der Waals surface area contributed by atoms with Crippen molar-refractivity contribution in [3.63, 3.8) is 0 Å². The summed E-state index contributed by atoms with van der Waals surface area (Å²) in [6, 6.07) is 7.40. The second-order valence-corrected chi connectivity index (χ2v) is 8.03. The zero-order chi connectivity index (χ0) is 21.9. The molecule has 0 spiro atoms. The molecule has 31 heavy (non-hydrogen) atoms. The monoisotopic (exact) mass is 439 g/mol. The van der Waals surface area contributed by atoms with E-state index in [1.165, 1.54) is 12.1 Å². The van der Waals surface area contributed by atoms with Gasteiger partial charge in [0.05, 0.1) is 24.4 Å². The number of likely N-dealkylation sites (tertiary alicyclic amines) is 1. The molecule has 2 fully saturated rings. The minimum atomic E-state index is -4.71. The summed E-state index contributed by atoms with van der Waals surface area (Å²) in [7, 11) is 0. The van der Waals surface area contributed by atoms with Crippen LogP contribution in [-0.4, -0.2) is 54.2 Å². The van der Waals surface area contributed by atoms with Gasteiger partial charge in [-0.15, -0.1) is 13.2 Å². The molecule has 2 aliphatic heterocycles. The van der Waals surface area contributed by atoms with Gasteiger partial charge in [-0.3, -0.25) is 4.79 Å². The number of benzene rings is 1. The van der Waals surface area contributed by atoms with Gasteiger partial charge in [0.1, 0.15) is 5.75 Å². The van der Waals surface area contributed by atoms with E-state index >= 15 is 0 Å². The quantitative estimate of drug-likeness (QED) is 0.714.